The molecule has 19 heavy (non-hydrogen) atoms. The van der Waals surface area contributed by atoms with Gasteiger partial charge in [-0.15, -0.1) is 4.31 Å². The highest BCUT2D eigenvalue weighted by Crippen LogP contribution is 2.41. The van der Waals surface area contributed by atoms with E-state index in [1.165, 1.54) is 58.0 Å². The van der Waals surface area contributed by atoms with Crippen molar-refractivity contribution in [1.82, 2.24) is 0 Å². The first-order valence-corrected chi connectivity index (χ1v) is 9.45. The molecular weight excluding hydrogens is 250 g/mol. The van der Waals surface area contributed by atoms with Gasteiger partial charge in [0.1, 0.15) is 0 Å². The van der Waals surface area contributed by atoms with Crippen molar-refractivity contribution in [1.29, 1.82) is 0 Å². The van der Waals surface area contributed by atoms with Crippen LogP contribution in [0.3, 0.4) is 0 Å². The van der Waals surface area contributed by atoms with E-state index in [9.17, 15) is 0 Å². The van der Waals surface area contributed by atoms with Crippen LogP contribution in [0.2, 0.25) is 0 Å². The van der Waals surface area contributed by atoms with Crippen molar-refractivity contribution in [2.24, 2.45) is 0 Å². The topological polar surface area (TPSA) is 3.24 Å². The zero-order chi connectivity index (χ0) is 13.7. The van der Waals surface area contributed by atoms with Crippen LogP contribution >= 0.6 is 10.7 Å². The van der Waals surface area contributed by atoms with Crippen LogP contribution in [0.5, 0.6) is 0 Å². The van der Waals surface area contributed by atoms with E-state index in [0.717, 1.165) is 5.92 Å². The molecule has 2 heteroatoms. The fraction of sp³-hybridized carbons (Fsp3) is 0.765. The molecule has 0 saturated heterocycles. The molecule has 0 radical (unpaired) electrons. The molecule has 1 aliphatic carbocycles. The van der Waals surface area contributed by atoms with Gasteiger partial charge < -0.3 is 0 Å². The van der Waals surface area contributed by atoms with Crippen LogP contribution in [-0.4, -0.2) is 13.1 Å². The van der Waals surface area contributed by atoms with Gasteiger partial charge in [0.05, 0.1) is 10.7 Å². The number of rotatable bonds is 6. The lowest BCUT2D eigenvalue weighted by Gasteiger charge is -2.21. The maximum atomic E-state index is 2.64. The summed E-state index contributed by atoms with van der Waals surface area (Å²) >= 11 is 0. The van der Waals surface area contributed by atoms with Gasteiger partial charge in [0.2, 0.25) is 0 Å². The maximum Gasteiger partial charge on any atom is 0.175 e. The molecule has 1 aromatic heterocycles. The Kier molecular flexibility index (Phi) is 5.90. The number of thiophene rings is 1. The molecular formula is C17H30NS+. The Morgan fingerprint density at radius 2 is 1.79 bits per heavy atom. The lowest BCUT2D eigenvalue weighted by molar-refractivity contribution is 0.442. The van der Waals surface area contributed by atoms with Crippen molar-refractivity contribution in [2.75, 3.05) is 17.4 Å². The van der Waals surface area contributed by atoms with Crippen molar-refractivity contribution in [3.8, 4) is 0 Å². The van der Waals surface area contributed by atoms with Crippen LogP contribution in [0, 0.1) is 0 Å². The summed E-state index contributed by atoms with van der Waals surface area (Å²) in [4.78, 5) is 1.78. The minimum Gasteiger partial charge on any atom is -0.106 e. The zero-order valence-electron chi connectivity index (χ0n) is 13.0. The molecule has 1 nitrogen and oxygen atoms in total. The second-order valence-corrected chi connectivity index (χ2v) is 7.61. The Bertz CT molecular complexity index is 373. The van der Waals surface area contributed by atoms with Crippen molar-refractivity contribution in [3.05, 3.63) is 21.9 Å². The Morgan fingerprint density at radius 1 is 1.11 bits per heavy atom. The molecule has 2 rings (SSSR count). The predicted molar refractivity (Wildman–Crippen MR) is 88.0 cm³/mol. The SMILES string of the molecule is CCCc1c(C2CCCCC2)cc[s+]1N(CC)CC. The molecule has 0 amide bonds. The van der Waals surface area contributed by atoms with Gasteiger partial charge in [-0.25, -0.2) is 0 Å². The van der Waals surface area contributed by atoms with Gasteiger partial charge in [0.25, 0.3) is 0 Å². The summed E-state index contributed by atoms with van der Waals surface area (Å²) in [5, 5.41) is 2.50. The van der Waals surface area contributed by atoms with E-state index in [4.69, 9.17) is 0 Å². The number of nitrogens with zero attached hydrogens (tertiary/aromatic N) is 1. The average molecular weight is 281 g/mol. The van der Waals surface area contributed by atoms with Crippen LogP contribution in [0.15, 0.2) is 11.4 Å². The molecule has 1 aliphatic rings. The fourth-order valence-corrected chi connectivity index (χ4v) is 5.80. The first-order valence-electron chi connectivity index (χ1n) is 8.21. The average Bonchev–Trinajstić information content (AvgIpc) is 2.86. The highest BCUT2D eigenvalue weighted by molar-refractivity contribution is 7.32. The van der Waals surface area contributed by atoms with E-state index >= 15 is 0 Å². The van der Waals surface area contributed by atoms with Crippen LogP contribution < -0.4 is 4.31 Å². The van der Waals surface area contributed by atoms with Crippen LogP contribution in [0.4, 0.5) is 0 Å². The molecule has 1 atom stereocenters. The quantitative estimate of drug-likeness (QED) is 0.629. The van der Waals surface area contributed by atoms with Crippen molar-refractivity contribution in [2.45, 2.75) is 71.6 Å². The molecule has 0 N–H and O–H groups in total. The first kappa shape index (κ1) is 15.1. The second kappa shape index (κ2) is 7.44. The normalized spacial score (nSPS) is 18.2. The summed E-state index contributed by atoms with van der Waals surface area (Å²) in [5.41, 5.74) is 1.73. The largest absolute Gasteiger partial charge is 0.175 e. The zero-order valence-corrected chi connectivity index (χ0v) is 13.8. The molecule has 1 unspecified atom stereocenters. The minimum absolute atomic E-state index is 0.298. The van der Waals surface area contributed by atoms with Crippen LogP contribution in [0.25, 0.3) is 0 Å². The van der Waals surface area contributed by atoms with Crippen molar-refractivity contribution < 1.29 is 0 Å². The summed E-state index contributed by atoms with van der Waals surface area (Å²) in [6.07, 6.45) is 9.81. The predicted octanol–water partition coefficient (Wildman–Crippen LogP) is 5.41. The van der Waals surface area contributed by atoms with Gasteiger partial charge in [-0.05, 0) is 39.0 Å². The van der Waals surface area contributed by atoms with E-state index in [1.807, 2.05) is 0 Å². The lowest BCUT2D eigenvalue weighted by atomic mass is 9.84. The summed E-state index contributed by atoms with van der Waals surface area (Å²) in [5.74, 6) is 0.875. The highest BCUT2D eigenvalue weighted by atomic mass is 32.2. The summed E-state index contributed by atoms with van der Waals surface area (Å²) in [7, 11) is 0.298. The monoisotopic (exact) mass is 280 g/mol. The third kappa shape index (κ3) is 3.41. The van der Waals surface area contributed by atoms with E-state index in [1.54, 1.807) is 10.4 Å². The minimum atomic E-state index is 0.298. The van der Waals surface area contributed by atoms with Gasteiger partial charge in [0.15, 0.2) is 10.3 Å². The molecule has 1 heterocycles. The van der Waals surface area contributed by atoms with Crippen molar-refractivity contribution in [3.63, 3.8) is 0 Å². The Balaban J connectivity index is 2.27. The summed E-state index contributed by atoms with van der Waals surface area (Å²) < 4.78 is 2.64. The fourth-order valence-electron chi connectivity index (χ4n) is 3.43. The van der Waals surface area contributed by atoms with Gasteiger partial charge in [-0.3, -0.25) is 0 Å². The Labute approximate surface area is 122 Å². The molecule has 0 aliphatic heterocycles. The van der Waals surface area contributed by atoms with Gasteiger partial charge in [-0.2, -0.15) is 0 Å². The third-order valence-corrected chi connectivity index (χ3v) is 6.87. The molecule has 0 spiro atoms. The van der Waals surface area contributed by atoms with Crippen LogP contribution in [-0.2, 0) is 6.42 Å². The Hall–Kier alpha value is -0.340. The third-order valence-electron chi connectivity index (χ3n) is 4.46. The molecule has 108 valence electrons. The smallest absolute Gasteiger partial charge is 0.106 e. The molecule has 0 bridgehead atoms. The van der Waals surface area contributed by atoms with E-state index in [-0.39, 0.29) is 0 Å². The molecule has 1 fully saturated rings. The van der Waals surface area contributed by atoms with E-state index in [2.05, 4.69) is 36.5 Å². The second-order valence-electron chi connectivity index (χ2n) is 5.70. The van der Waals surface area contributed by atoms with Crippen molar-refractivity contribution >= 4 is 10.7 Å². The molecule has 0 aromatic carbocycles. The first-order chi connectivity index (χ1) is 9.31. The number of hydrogen-bond donors (Lipinski definition) is 0. The summed E-state index contributed by atoms with van der Waals surface area (Å²) in [6.45, 7) is 9.27. The lowest BCUT2D eigenvalue weighted by Crippen LogP contribution is -2.21. The van der Waals surface area contributed by atoms with Crippen LogP contribution in [0.1, 0.15) is 75.7 Å². The molecule has 1 saturated carbocycles. The standard InChI is InChI=1S/C17H30NS/c1-4-10-17-16(15-11-8-7-9-12-15)13-14-19(17)18(5-2)6-3/h13-15H,4-12H2,1-3H3/q+1. The summed E-state index contributed by atoms with van der Waals surface area (Å²) in [6, 6.07) is 2.49. The molecule has 1 aromatic rings. The maximum absolute atomic E-state index is 2.64. The van der Waals surface area contributed by atoms with Gasteiger partial charge >= 0.3 is 0 Å². The van der Waals surface area contributed by atoms with E-state index < -0.39 is 0 Å². The van der Waals surface area contributed by atoms with E-state index in [0.29, 0.717) is 10.7 Å². The van der Waals surface area contributed by atoms with Gasteiger partial charge in [-0.1, -0.05) is 26.2 Å². The number of hydrogen-bond acceptors (Lipinski definition) is 1. The Morgan fingerprint density at radius 3 is 2.37 bits per heavy atom. The highest BCUT2D eigenvalue weighted by Gasteiger charge is 2.29. The van der Waals surface area contributed by atoms with Gasteiger partial charge in [0, 0.05) is 31.1 Å².